The van der Waals surface area contributed by atoms with E-state index in [1.54, 1.807) is 37.3 Å². The van der Waals surface area contributed by atoms with E-state index in [9.17, 15) is 22.6 Å². The molecule has 0 bridgehead atoms. The van der Waals surface area contributed by atoms with E-state index >= 15 is 0 Å². The van der Waals surface area contributed by atoms with E-state index < -0.39 is 20.8 Å². The van der Waals surface area contributed by atoms with Gasteiger partial charge in [0.2, 0.25) is 0 Å². The molecule has 0 aliphatic heterocycles. The quantitative estimate of drug-likeness (QED) is 0.259. The van der Waals surface area contributed by atoms with Gasteiger partial charge in [0.1, 0.15) is 10.1 Å². The first-order valence-electron chi connectivity index (χ1n) is 8.74. The zero-order chi connectivity index (χ0) is 21.8. The molecule has 1 aliphatic rings. The summed E-state index contributed by atoms with van der Waals surface area (Å²) in [6, 6.07) is 11.9. The fourth-order valence-electron chi connectivity index (χ4n) is 3.50. The van der Waals surface area contributed by atoms with Crippen molar-refractivity contribution in [3.05, 3.63) is 81.4 Å². The van der Waals surface area contributed by atoms with Gasteiger partial charge in [0.25, 0.3) is 0 Å². The van der Waals surface area contributed by atoms with Crippen LogP contribution in [0.15, 0.2) is 53.4 Å². The van der Waals surface area contributed by atoms with Crippen molar-refractivity contribution in [1.29, 1.82) is 0 Å². The molecule has 0 fully saturated rings. The number of nitrogens with one attached hydrogen (secondary N) is 1. The van der Waals surface area contributed by atoms with Crippen LogP contribution >= 0.6 is 11.6 Å². The number of halogens is 1. The molecular formula is C21H14ClN2NaO5S. The number of benzene rings is 3. The van der Waals surface area contributed by atoms with Crippen molar-refractivity contribution in [3.8, 4) is 0 Å². The number of aryl methyl sites for hydroxylation is 1. The summed E-state index contributed by atoms with van der Waals surface area (Å²) in [6.45, 7) is 1.68. The largest absolute Gasteiger partial charge is 1.00 e. The van der Waals surface area contributed by atoms with Crippen LogP contribution in [0, 0.1) is 6.92 Å². The molecule has 0 unspecified atom stereocenters. The number of rotatable bonds is 3. The molecule has 0 saturated heterocycles. The summed E-state index contributed by atoms with van der Waals surface area (Å²) < 4.78 is 34.3. The van der Waals surface area contributed by atoms with Crippen molar-refractivity contribution < 1.29 is 52.1 Å². The first-order chi connectivity index (χ1) is 14.1. The second kappa shape index (κ2) is 8.38. The fourth-order valence-corrected chi connectivity index (χ4v) is 4.53. The summed E-state index contributed by atoms with van der Waals surface area (Å²) >= 11 is 6.13. The molecule has 3 N–H and O–H groups in total. The van der Waals surface area contributed by atoms with Crippen LogP contribution in [0.1, 0.15) is 37.4 Å². The Kier molecular flexibility index (Phi) is 6.35. The summed E-state index contributed by atoms with van der Waals surface area (Å²) in [7, 11) is -4.80. The first kappa shape index (κ1) is 23.5. The second-order valence-electron chi connectivity index (χ2n) is 6.81. The predicted molar refractivity (Wildman–Crippen MR) is 112 cm³/mol. The normalized spacial score (nSPS) is 12.6. The Morgan fingerprint density at radius 3 is 2.10 bits per heavy atom. The van der Waals surface area contributed by atoms with E-state index in [-0.39, 0.29) is 79.7 Å². The molecule has 3 aromatic carbocycles. The van der Waals surface area contributed by atoms with Crippen LogP contribution in [-0.4, -0.2) is 24.5 Å². The topological polar surface area (TPSA) is 129 Å². The standard InChI is InChI=1S/C21H15ClN2O5S.Na/c1-10-9-14(24-13-7-4-8-15(18(13)22)30(27,28)29)16-17(19(10)23)21(26)12-6-3-2-5-11(12)20(16)25;/h2-9,24H,23H2,1H3,(H,27,28,29);/q;+1/p-1. The third-order valence-corrected chi connectivity index (χ3v) is 6.34. The Balaban J connectivity index is 0.00000272. The molecule has 0 heterocycles. The molecule has 0 atom stereocenters. The van der Waals surface area contributed by atoms with E-state index in [2.05, 4.69) is 5.32 Å². The maximum absolute atomic E-state index is 13.2. The van der Waals surface area contributed by atoms with Gasteiger partial charge in [-0.2, -0.15) is 0 Å². The van der Waals surface area contributed by atoms with Crippen LogP contribution < -0.4 is 40.6 Å². The molecule has 152 valence electrons. The maximum Gasteiger partial charge on any atom is 1.00 e. The van der Waals surface area contributed by atoms with Crippen molar-refractivity contribution in [2.75, 3.05) is 11.1 Å². The van der Waals surface area contributed by atoms with E-state index in [1.165, 1.54) is 12.1 Å². The number of fused-ring (bicyclic) bond motifs is 2. The zero-order valence-corrected chi connectivity index (χ0v) is 20.1. The average molecular weight is 465 g/mol. The van der Waals surface area contributed by atoms with Crippen LogP contribution in [0.2, 0.25) is 5.02 Å². The van der Waals surface area contributed by atoms with Gasteiger partial charge < -0.3 is 15.6 Å². The van der Waals surface area contributed by atoms with Crippen molar-refractivity contribution in [1.82, 2.24) is 0 Å². The third kappa shape index (κ3) is 3.91. The SMILES string of the molecule is Cc1cc(Nc2cccc(S(=O)(=O)[O-])c2Cl)c2c(c1N)C(=O)c1ccccc1C2=O.[Na+]. The molecule has 0 saturated carbocycles. The minimum atomic E-state index is -4.80. The Morgan fingerprint density at radius 1 is 0.935 bits per heavy atom. The zero-order valence-electron chi connectivity index (χ0n) is 16.5. The van der Waals surface area contributed by atoms with Crippen LogP contribution in [0.4, 0.5) is 17.1 Å². The number of hydrogen-bond donors (Lipinski definition) is 2. The second-order valence-corrected chi connectivity index (χ2v) is 8.53. The number of nitrogens with two attached hydrogens (primary N) is 1. The van der Waals surface area contributed by atoms with Gasteiger partial charge in [0.05, 0.1) is 32.4 Å². The molecule has 0 spiro atoms. The third-order valence-electron chi connectivity index (χ3n) is 4.95. The Bertz CT molecular complexity index is 1370. The minimum Gasteiger partial charge on any atom is -0.744 e. The van der Waals surface area contributed by atoms with Crippen molar-refractivity contribution in [2.24, 2.45) is 0 Å². The van der Waals surface area contributed by atoms with Crippen LogP contribution in [0.25, 0.3) is 0 Å². The number of carbonyl (C=O) groups is 2. The van der Waals surface area contributed by atoms with Gasteiger partial charge in [-0.3, -0.25) is 9.59 Å². The van der Waals surface area contributed by atoms with Gasteiger partial charge in [0, 0.05) is 16.8 Å². The number of hydrogen-bond acceptors (Lipinski definition) is 7. The van der Waals surface area contributed by atoms with Gasteiger partial charge in [-0.15, -0.1) is 0 Å². The summed E-state index contributed by atoms with van der Waals surface area (Å²) in [4.78, 5) is 25.7. The fraction of sp³-hybridized carbons (Fsp3) is 0.0476. The average Bonchev–Trinajstić information content (AvgIpc) is 2.69. The minimum absolute atomic E-state index is 0. The number of ketones is 2. The molecule has 0 amide bonds. The molecule has 3 aromatic rings. The van der Waals surface area contributed by atoms with Crippen LogP contribution in [0.5, 0.6) is 0 Å². The first-order valence-corrected chi connectivity index (χ1v) is 10.5. The molecule has 0 aromatic heterocycles. The molecule has 1 aliphatic carbocycles. The Labute approximate surface area is 205 Å². The van der Waals surface area contributed by atoms with Crippen molar-refractivity contribution >= 4 is 50.3 Å². The summed E-state index contributed by atoms with van der Waals surface area (Å²) in [5.41, 5.74) is 7.83. The van der Waals surface area contributed by atoms with Gasteiger partial charge >= 0.3 is 29.6 Å². The van der Waals surface area contributed by atoms with Crippen LogP contribution in [-0.2, 0) is 10.1 Å². The summed E-state index contributed by atoms with van der Waals surface area (Å²) in [5, 5.41) is 2.58. The monoisotopic (exact) mass is 464 g/mol. The smallest absolute Gasteiger partial charge is 0.744 e. The van der Waals surface area contributed by atoms with Gasteiger partial charge in [-0.05, 0) is 30.7 Å². The molecular weight excluding hydrogens is 451 g/mol. The van der Waals surface area contributed by atoms with E-state index in [4.69, 9.17) is 17.3 Å². The van der Waals surface area contributed by atoms with E-state index in [0.29, 0.717) is 5.56 Å². The molecule has 4 rings (SSSR count). The molecule has 10 heteroatoms. The Hall–Kier alpha value is -2.20. The van der Waals surface area contributed by atoms with Gasteiger partial charge in [-0.1, -0.05) is 41.9 Å². The van der Waals surface area contributed by atoms with Crippen molar-refractivity contribution in [2.45, 2.75) is 11.8 Å². The Morgan fingerprint density at radius 2 is 1.52 bits per heavy atom. The summed E-state index contributed by atoms with van der Waals surface area (Å²) in [5.74, 6) is -0.787. The maximum atomic E-state index is 13.2. The number of anilines is 3. The summed E-state index contributed by atoms with van der Waals surface area (Å²) in [6.07, 6.45) is 0. The molecule has 0 radical (unpaired) electrons. The van der Waals surface area contributed by atoms with Gasteiger partial charge in [-0.25, -0.2) is 8.42 Å². The number of carbonyl (C=O) groups excluding carboxylic acids is 2. The van der Waals surface area contributed by atoms with Gasteiger partial charge in [0.15, 0.2) is 11.6 Å². The molecule has 31 heavy (non-hydrogen) atoms. The molecule has 7 nitrogen and oxygen atoms in total. The van der Waals surface area contributed by atoms with Crippen molar-refractivity contribution in [3.63, 3.8) is 0 Å². The predicted octanol–water partition coefficient (Wildman–Crippen LogP) is 0.658. The van der Waals surface area contributed by atoms with E-state index in [0.717, 1.165) is 6.07 Å². The number of nitrogen functional groups attached to an aromatic ring is 1. The van der Waals surface area contributed by atoms with E-state index in [1.807, 2.05) is 0 Å². The van der Waals surface area contributed by atoms with Crippen LogP contribution in [0.3, 0.4) is 0 Å².